The molecular formula is C19H26N2O3Si. The highest BCUT2D eigenvalue weighted by molar-refractivity contribution is 6.76. The Kier molecular flexibility index (Phi) is 4.78. The van der Waals surface area contributed by atoms with Crippen LogP contribution in [0.4, 0.5) is 4.79 Å². The molecule has 1 amide bonds. The molecule has 2 aliphatic heterocycles. The Morgan fingerprint density at radius 3 is 2.72 bits per heavy atom. The van der Waals surface area contributed by atoms with E-state index in [0.717, 1.165) is 30.2 Å². The smallest absolute Gasteiger partial charge is 0.409 e. The second-order valence-corrected chi connectivity index (χ2v) is 13.9. The third-order valence-electron chi connectivity index (χ3n) is 5.24. The van der Waals surface area contributed by atoms with Crippen molar-refractivity contribution in [2.75, 3.05) is 26.3 Å². The summed E-state index contributed by atoms with van der Waals surface area (Å²) in [6, 6.07) is 8.83. The fourth-order valence-corrected chi connectivity index (χ4v) is 4.21. The zero-order valence-corrected chi connectivity index (χ0v) is 16.3. The van der Waals surface area contributed by atoms with Gasteiger partial charge in [-0.25, -0.2) is 4.79 Å². The van der Waals surface area contributed by atoms with Gasteiger partial charge in [0, 0.05) is 32.1 Å². The molecule has 1 fully saturated rings. The summed E-state index contributed by atoms with van der Waals surface area (Å²) in [4.78, 5) is 14.1. The number of hydrogen-bond acceptors (Lipinski definition) is 4. The van der Waals surface area contributed by atoms with Crippen molar-refractivity contribution in [3.05, 3.63) is 29.3 Å². The molecule has 1 saturated heterocycles. The molecule has 0 atom stereocenters. The second kappa shape index (κ2) is 6.72. The molecule has 6 heteroatoms. The zero-order chi connectivity index (χ0) is 18.1. The maximum atomic E-state index is 12.3. The van der Waals surface area contributed by atoms with E-state index < -0.39 is 8.07 Å². The molecule has 0 radical (unpaired) electrons. The minimum atomic E-state index is -1.19. The Morgan fingerprint density at radius 2 is 2.08 bits per heavy atom. The predicted molar refractivity (Wildman–Crippen MR) is 98.6 cm³/mol. The van der Waals surface area contributed by atoms with Crippen LogP contribution in [0.5, 0.6) is 5.75 Å². The number of carbonyl (C=O) groups is 1. The Hall–Kier alpha value is -2.00. The third-order valence-corrected chi connectivity index (χ3v) is 6.94. The largest absolute Gasteiger partial charge is 0.492 e. The number of likely N-dealkylation sites (tertiary alicyclic amines) is 1. The van der Waals surface area contributed by atoms with Crippen LogP contribution in [-0.2, 0) is 10.2 Å². The number of nitriles is 1. The van der Waals surface area contributed by atoms with Gasteiger partial charge in [0.25, 0.3) is 0 Å². The summed E-state index contributed by atoms with van der Waals surface area (Å²) in [6.45, 7) is 9.33. The summed E-state index contributed by atoms with van der Waals surface area (Å²) in [6.07, 6.45) is 1.49. The third kappa shape index (κ3) is 3.82. The normalized spacial score (nSPS) is 18.4. The SMILES string of the molecule is C[Si](C)(C)CCOC(=O)N1CCC2(CC1)COc1ccc(C#N)cc12. The molecule has 1 spiro atoms. The van der Waals surface area contributed by atoms with E-state index in [4.69, 9.17) is 14.7 Å². The number of benzene rings is 1. The molecule has 0 aliphatic carbocycles. The summed E-state index contributed by atoms with van der Waals surface area (Å²) >= 11 is 0. The number of fused-ring (bicyclic) bond motifs is 2. The van der Waals surface area contributed by atoms with Crippen molar-refractivity contribution in [2.24, 2.45) is 0 Å². The molecular weight excluding hydrogens is 332 g/mol. The van der Waals surface area contributed by atoms with Crippen LogP contribution in [0, 0.1) is 11.3 Å². The summed E-state index contributed by atoms with van der Waals surface area (Å²) in [5.74, 6) is 0.880. The standard InChI is InChI=1S/C19H26N2O3Si/c1-25(2,3)11-10-23-18(22)21-8-6-19(7-9-21)14-24-17-5-4-15(13-20)12-16(17)19/h4-5,12H,6-11,14H2,1-3H3. The fourth-order valence-electron chi connectivity index (χ4n) is 3.50. The van der Waals surface area contributed by atoms with Crippen LogP contribution in [0.1, 0.15) is 24.0 Å². The summed E-state index contributed by atoms with van der Waals surface area (Å²) in [7, 11) is -1.19. The van der Waals surface area contributed by atoms with E-state index in [1.165, 1.54) is 0 Å². The van der Waals surface area contributed by atoms with Gasteiger partial charge in [0.1, 0.15) is 5.75 Å². The van der Waals surface area contributed by atoms with E-state index >= 15 is 0 Å². The number of ether oxygens (including phenoxy) is 2. The summed E-state index contributed by atoms with van der Waals surface area (Å²) in [5.41, 5.74) is 1.72. The van der Waals surface area contributed by atoms with Gasteiger partial charge in [0.2, 0.25) is 0 Å². The predicted octanol–water partition coefficient (Wildman–Crippen LogP) is 3.76. The first-order valence-electron chi connectivity index (χ1n) is 8.92. The van der Waals surface area contributed by atoms with E-state index in [9.17, 15) is 4.79 Å². The van der Waals surface area contributed by atoms with Gasteiger partial charge in [-0.15, -0.1) is 0 Å². The first-order chi connectivity index (χ1) is 11.8. The Bertz CT molecular complexity index is 698. The first kappa shape index (κ1) is 17.8. The Balaban J connectivity index is 1.60. The number of amides is 1. The molecule has 25 heavy (non-hydrogen) atoms. The van der Waals surface area contributed by atoms with Crippen molar-refractivity contribution in [3.63, 3.8) is 0 Å². The Morgan fingerprint density at radius 1 is 1.36 bits per heavy atom. The quantitative estimate of drug-likeness (QED) is 0.772. The average molecular weight is 359 g/mol. The van der Waals surface area contributed by atoms with Gasteiger partial charge in [-0.05, 0) is 37.1 Å². The molecule has 2 aliphatic rings. The molecule has 0 aromatic heterocycles. The van der Waals surface area contributed by atoms with E-state index in [-0.39, 0.29) is 11.5 Å². The molecule has 1 aromatic carbocycles. The number of piperidine rings is 1. The van der Waals surface area contributed by atoms with Gasteiger partial charge in [0.15, 0.2) is 0 Å². The fraction of sp³-hybridized carbons (Fsp3) is 0.579. The monoisotopic (exact) mass is 358 g/mol. The molecule has 0 bridgehead atoms. The lowest BCUT2D eigenvalue weighted by Crippen LogP contribution is -2.46. The van der Waals surface area contributed by atoms with Gasteiger partial charge in [0.05, 0.1) is 24.8 Å². The van der Waals surface area contributed by atoms with Crippen LogP contribution in [0.25, 0.3) is 0 Å². The number of carbonyl (C=O) groups excluding carboxylic acids is 1. The van der Waals surface area contributed by atoms with Crippen LogP contribution in [0.2, 0.25) is 25.7 Å². The number of hydrogen-bond donors (Lipinski definition) is 0. The zero-order valence-electron chi connectivity index (χ0n) is 15.3. The first-order valence-corrected chi connectivity index (χ1v) is 12.6. The molecule has 0 unspecified atom stereocenters. The van der Waals surface area contributed by atoms with Crippen LogP contribution in [0.15, 0.2) is 18.2 Å². The van der Waals surface area contributed by atoms with Crippen molar-refractivity contribution >= 4 is 14.2 Å². The van der Waals surface area contributed by atoms with Gasteiger partial charge in [-0.1, -0.05) is 19.6 Å². The van der Waals surface area contributed by atoms with Crippen LogP contribution >= 0.6 is 0 Å². The molecule has 3 rings (SSSR count). The lowest BCUT2D eigenvalue weighted by Gasteiger charge is -2.38. The van der Waals surface area contributed by atoms with E-state index in [0.29, 0.717) is 31.9 Å². The minimum absolute atomic E-state index is 0.0721. The number of rotatable bonds is 3. The van der Waals surface area contributed by atoms with Gasteiger partial charge < -0.3 is 14.4 Å². The molecule has 5 nitrogen and oxygen atoms in total. The molecule has 0 N–H and O–H groups in total. The molecule has 0 saturated carbocycles. The molecule has 134 valence electrons. The van der Waals surface area contributed by atoms with Crippen molar-refractivity contribution in [1.82, 2.24) is 4.90 Å². The maximum absolute atomic E-state index is 12.3. The Labute approximate surface area is 150 Å². The minimum Gasteiger partial charge on any atom is -0.492 e. The highest BCUT2D eigenvalue weighted by atomic mass is 28.3. The molecule has 1 aromatic rings. The van der Waals surface area contributed by atoms with Crippen LogP contribution in [0.3, 0.4) is 0 Å². The van der Waals surface area contributed by atoms with Crippen molar-refractivity contribution in [1.29, 1.82) is 5.26 Å². The lowest BCUT2D eigenvalue weighted by atomic mass is 9.74. The lowest BCUT2D eigenvalue weighted by molar-refractivity contribution is 0.0813. The van der Waals surface area contributed by atoms with E-state index in [1.807, 2.05) is 17.0 Å². The second-order valence-electron chi connectivity index (χ2n) is 8.30. The van der Waals surface area contributed by atoms with Crippen molar-refractivity contribution in [3.8, 4) is 11.8 Å². The number of nitrogens with zero attached hydrogens (tertiary/aromatic N) is 2. The maximum Gasteiger partial charge on any atom is 0.409 e. The van der Waals surface area contributed by atoms with E-state index in [1.54, 1.807) is 6.07 Å². The van der Waals surface area contributed by atoms with Crippen molar-refractivity contribution in [2.45, 2.75) is 43.9 Å². The highest BCUT2D eigenvalue weighted by Crippen LogP contribution is 2.45. The summed E-state index contributed by atoms with van der Waals surface area (Å²) in [5, 5.41) is 9.15. The van der Waals surface area contributed by atoms with Gasteiger partial charge in [-0.2, -0.15) is 5.26 Å². The van der Waals surface area contributed by atoms with E-state index in [2.05, 4.69) is 25.7 Å². The average Bonchev–Trinajstić information content (AvgIpc) is 2.92. The van der Waals surface area contributed by atoms with Crippen LogP contribution in [-0.4, -0.2) is 45.4 Å². The topological polar surface area (TPSA) is 62.6 Å². The van der Waals surface area contributed by atoms with Gasteiger partial charge >= 0.3 is 6.09 Å². The van der Waals surface area contributed by atoms with Crippen molar-refractivity contribution < 1.29 is 14.3 Å². The molecule has 2 heterocycles. The highest BCUT2D eigenvalue weighted by Gasteiger charge is 2.44. The summed E-state index contributed by atoms with van der Waals surface area (Å²) < 4.78 is 11.3. The van der Waals surface area contributed by atoms with Gasteiger partial charge in [-0.3, -0.25) is 0 Å². The van der Waals surface area contributed by atoms with Crippen LogP contribution < -0.4 is 4.74 Å².